The van der Waals surface area contributed by atoms with Crippen molar-refractivity contribution in [3.05, 3.63) is 42.0 Å². The van der Waals surface area contributed by atoms with Crippen LogP contribution in [0.2, 0.25) is 0 Å². The third kappa shape index (κ3) is 4.05. The Morgan fingerprint density at radius 1 is 1.30 bits per heavy atom. The number of carbonyl (C=O) groups is 1. The number of nitrogens with zero attached hydrogens (tertiary/aromatic N) is 2. The molecule has 5 heteroatoms. The molecule has 3 rings (SSSR count). The van der Waals surface area contributed by atoms with Crippen LogP contribution in [0.15, 0.2) is 36.4 Å². The van der Waals surface area contributed by atoms with Crippen molar-refractivity contribution in [3.63, 3.8) is 0 Å². The van der Waals surface area contributed by atoms with Crippen molar-refractivity contribution >= 4 is 22.4 Å². The second kappa shape index (κ2) is 7.04. The highest BCUT2D eigenvalue weighted by Gasteiger charge is 2.16. The lowest BCUT2D eigenvalue weighted by Gasteiger charge is -2.06. The zero-order chi connectivity index (χ0) is 16.2. The molecule has 1 aliphatic rings. The topological polar surface area (TPSA) is 54.9 Å². The molecule has 1 N–H and O–H groups in total. The first-order chi connectivity index (χ1) is 11.1. The van der Waals surface area contributed by atoms with Gasteiger partial charge < -0.3 is 5.32 Å². The van der Waals surface area contributed by atoms with Crippen LogP contribution >= 0.6 is 11.3 Å². The molecule has 120 valence electrons. The molecule has 0 bridgehead atoms. The van der Waals surface area contributed by atoms with Gasteiger partial charge in [0.25, 0.3) is 0 Å². The van der Waals surface area contributed by atoms with E-state index in [0.29, 0.717) is 23.4 Å². The summed E-state index contributed by atoms with van der Waals surface area (Å²) in [6, 6.07) is 8.35. The van der Waals surface area contributed by atoms with Gasteiger partial charge in [0, 0.05) is 12.0 Å². The Bertz CT molecular complexity index is 703. The number of amides is 1. The number of nitrogens with one attached hydrogen (secondary N) is 1. The third-order valence-corrected chi connectivity index (χ3v) is 4.94. The molecule has 23 heavy (non-hydrogen) atoms. The van der Waals surface area contributed by atoms with E-state index in [2.05, 4.69) is 65.8 Å². The van der Waals surface area contributed by atoms with E-state index in [4.69, 9.17) is 0 Å². The van der Waals surface area contributed by atoms with Crippen molar-refractivity contribution in [2.45, 2.75) is 39.0 Å². The molecule has 0 fully saturated rings. The van der Waals surface area contributed by atoms with E-state index in [1.54, 1.807) is 0 Å². The van der Waals surface area contributed by atoms with Gasteiger partial charge >= 0.3 is 0 Å². The summed E-state index contributed by atoms with van der Waals surface area (Å²) in [6.07, 6.45) is 6.93. The summed E-state index contributed by atoms with van der Waals surface area (Å²) in [5.74, 6) is 0.892. The monoisotopic (exact) mass is 327 g/mol. The predicted octanol–water partition coefficient (Wildman–Crippen LogP) is 4.62. The molecule has 1 aromatic carbocycles. The summed E-state index contributed by atoms with van der Waals surface area (Å²) in [4.78, 5) is 12.0. The quantitative estimate of drug-likeness (QED) is 0.815. The smallest absolute Gasteiger partial charge is 0.226 e. The molecule has 0 aliphatic heterocycles. The van der Waals surface area contributed by atoms with Crippen LogP contribution in [0, 0.1) is 5.92 Å². The van der Waals surface area contributed by atoms with Crippen LogP contribution in [-0.4, -0.2) is 16.1 Å². The van der Waals surface area contributed by atoms with E-state index < -0.39 is 0 Å². The number of anilines is 1. The van der Waals surface area contributed by atoms with Crippen LogP contribution in [0.4, 0.5) is 5.13 Å². The fraction of sp³-hybridized carbons (Fsp3) is 0.389. The van der Waals surface area contributed by atoms with E-state index in [1.807, 2.05) is 0 Å². The molecule has 4 nitrogen and oxygen atoms in total. The summed E-state index contributed by atoms with van der Waals surface area (Å²) in [5, 5.41) is 12.5. The first-order valence-electron chi connectivity index (χ1n) is 8.02. The molecule has 0 saturated heterocycles. The van der Waals surface area contributed by atoms with Crippen molar-refractivity contribution in [2.24, 2.45) is 5.92 Å². The molecule has 2 aromatic rings. The van der Waals surface area contributed by atoms with Gasteiger partial charge in [-0.05, 0) is 30.2 Å². The Labute approximate surface area is 140 Å². The number of hydrogen-bond donors (Lipinski definition) is 1. The third-order valence-electron chi connectivity index (χ3n) is 4.06. The molecule has 0 saturated carbocycles. The Balaban J connectivity index is 1.63. The lowest BCUT2D eigenvalue weighted by Crippen LogP contribution is -2.14. The summed E-state index contributed by atoms with van der Waals surface area (Å²) >= 11 is 1.41. The molecular formula is C18H21N3OS. The molecule has 1 heterocycles. The molecule has 1 atom stereocenters. The van der Waals surface area contributed by atoms with Gasteiger partial charge in [0.2, 0.25) is 11.0 Å². The van der Waals surface area contributed by atoms with Gasteiger partial charge in [-0.1, -0.05) is 61.6 Å². The van der Waals surface area contributed by atoms with E-state index in [-0.39, 0.29) is 5.91 Å². The summed E-state index contributed by atoms with van der Waals surface area (Å²) < 4.78 is 0. The van der Waals surface area contributed by atoms with Crippen molar-refractivity contribution < 1.29 is 4.79 Å². The number of carbonyl (C=O) groups excluding carboxylic acids is 1. The lowest BCUT2D eigenvalue weighted by atomic mass is 10.0. The highest BCUT2D eigenvalue weighted by atomic mass is 32.1. The predicted molar refractivity (Wildman–Crippen MR) is 94.5 cm³/mol. The number of aromatic nitrogens is 2. The van der Waals surface area contributed by atoms with E-state index in [0.717, 1.165) is 23.4 Å². The maximum absolute atomic E-state index is 12.0. The van der Waals surface area contributed by atoms with Gasteiger partial charge in [-0.25, -0.2) is 0 Å². The molecule has 1 amide bonds. The summed E-state index contributed by atoms with van der Waals surface area (Å²) in [6.45, 7) is 4.35. The SMILES string of the molecule is CC(C)c1ccc(-c2nnc(NC(=O)CC3C=CCC3)s2)cc1. The van der Waals surface area contributed by atoms with Gasteiger partial charge in [0.1, 0.15) is 5.01 Å². The van der Waals surface area contributed by atoms with Crippen LogP contribution in [0.1, 0.15) is 44.6 Å². The van der Waals surface area contributed by atoms with Crippen LogP contribution in [0.25, 0.3) is 10.6 Å². The van der Waals surface area contributed by atoms with Gasteiger partial charge in [-0.3, -0.25) is 4.79 Å². The number of rotatable bonds is 5. The normalized spacial score (nSPS) is 16.9. The zero-order valence-electron chi connectivity index (χ0n) is 13.5. The van der Waals surface area contributed by atoms with Crippen molar-refractivity contribution in [2.75, 3.05) is 5.32 Å². The van der Waals surface area contributed by atoms with Gasteiger partial charge in [-0.2, -0.15) is 0 Å². The van der Waals surface area contributed by atoms with Gasteiger partial charge in [-0.15, -0.1) is 10.2 Å². The van der Waals surface area contributed by atoms with Crippen LogP contribution in [-0.2, 0) is 4.79 Å². The maximum Gasteiger partial charge on any atom is 0.226 e. The average molecular weight is 327 g/mol. The number of allylic oxidation sites excluding steroid dienone is 2. The van der Waals surface area contributed by atoms with Gasteiger partial charge in [0.15, 0.2) is 0 Å². The Morgan fingerprint density at radius 2 is 2.09 bits per heavy atom. The van der Waals surface area contributed by atoms with Crippen LogP contribution in [0.5, 0.6) is 0 Å². The second-order valence-corrected chi connectivity index (χ2v) is 7.18. The zero-order valence-corrected chi connectivity index (χ0v) is 14.3. The van der Waals surface area contributed by atoms with Crippen LogP contribution in [0.3, 0.4) is 0 Å². The standard InChI is InChI=1S/C18H21N3OS/c1-12(2)14-7-9-15(10-8-14)17-20-21-18(23-17)19-16(22)11-13-5-3-4-6-13/h3,5,7-10,12-13H,4,6,11H2,1-2H3,(H,19,21,22). The minimum absolute atomic E-state index is 0.0133. The molecular weight excluding hydrogens is 306 g/mol. The largest absolute Gasteiger partial charge is 0.301 e. The highest BCUT2D eigenvalue weighted by Crippen LogP contribution is 2.28. The molecule has 0 spiro atoms. The van der Waals surface area contributed by atoms with Crippen LogP contribution < -0.4 is 5.32 Å². The molecule has 1 unspecified atom stereocenters. The first kappa shape index (κ1) is 15.9. The molecule has 0 radical (unpaired) electrons. The van der Waals surface area contributed by atoms with Crippen molar-refractivity contribution in [1.29, 1.82) is 0 Å². The fourth-order valence-electron chi connectivity index (χ4n) is 2.67. The van der Waals surface area contributed by atoms with Gasteiger partial charge in [0.05, 0.1) is 0 Å². The average Bonchev–Trinajstić information content (AvgIpc) is 3.19. The Kier molecular flexibility index (Phi) is 4.86. The second-order valence-electron chi connectivity index (χ2n) is 6.21. The number of hydrogen-bond acceptors (Lipinski definition) is 4. The Morgan fingerprint density at radius 3 is 2.74 bits per heavy atom. The first-order valence-corrected chi connectivity index (χ1v) is 8.84. The van der Waals surface area contributed by atoms with Crippen molar-refractivity contribution in [1.82, 2.24) is 10.2 Å². The minimum atomic E-state index is 0.0133. The lowest BCUT2D eigenvalue weighted by molar-refractivity contribution is -0.116. The Hall–Kier alpha value is -2.01. The van der Waals surface area contributed by atoms with E-state index in [9.17, 15) is 4.79 Å². The maximum atomic E-state index is 12.0. The van der Waals surface area contributed by atoms with E-state index in [1.165, 1.54) is 16.9 Å². The summed E-state index contributed by atoms with van der Waals surface area (Å²) in [7, 11) is 0. The molecule has 1 aliphatic carbocycles. The van der Waals surface area contributed by atoms with E-state index >= 15 is 0 Å². The highest BCUT2D eigenvalue weighted by molar-refractivity contribution is 7.18. The fourth-order valence-corrected chi connectivity index (χ4v) is 3.44. The van der Waals surface area contributed by atoms with Crippen molar-refractivity contribution in [3.8, 4) is 10.6 Å². The number of benzene rings is 1. The summed E-state index contributed by atoms with van der Waals surface area (Å²) in [5.41, 5.74) is 2.34. The molecule has 1 aromatic heterocycles. The minimum Gasteiger partial charge on any atom is -0.301 e.